The van der Waals surface area contributed by atoms with Crippen molar-refractivity contribution >= 4 is 17.5 Å². The van der Waals surface area contributed by atoms with E-state index < -0.39 is 0 Å². The summed E-state index contributed by atoms with van der Waals surface area (Å²) in [5.41, 5.74) is 2.20. The minimum atomic E-state index is -0.336. The zero-order valence-corrected chi connectivity index (χ0v) is 18.0. The van der Waals surface area contributed by atoms with Gasteiger partial charge in [-0.2, -0.15) is 0 Å². The first-order chi connectivity index (χ1) is 15.7. The smallest absolute Gasteiger partial charge is 0.291 e. The van der Waals surface area contributed by atoms with Crippen LogP contribution >= 0.6 is 0 Å². The summed E-state index contributed by atoms with van der Waals surface area (Å²) in [6, 6.07) is 18.1. The zero-order valence-electron chi connectivity index (χ0n) is 18.0. The van der Waals surface area contributed by atoms with Gasteiger partial charge in [0, 0.05) is 23.4 Å². The quantitative estimate of drug-likeness (QED) is 0.559. The molecule has 2 aromatic carbocycles. The number of hydrogen-bond donors (Lipinski definition) is 2. The molecule has 166 valence electrons. The Bertz CT molecular complexity index is 1040. The number of benzene rings is 2. The monoisotopic (exact) mass is 433 g/mol. The molecule has 1 atom stereocenters. The number of nitrogens with one attached hydrogen (secondary N) is 2. The van der Waals surface area contributed by atoms with Crippen molar-refractivity contribution in [1.82, 2.24) is 10.2 Å². The molecule has 7 heteroatoms. The summed E-state index contributed by atoms with van der Waals surface area (Å²) < 4.78 is 10.7. The minimum Gasteiger partial charge on any atom is -0.496 e. The van der Waals surface area contributed by atoms with Crippen LogP contribution < -0.4 is 15.4 Å². The van der Waals surface area contributed by atoms with E-state index in [9.17, 15) is 9.59 Å². The van der Waals surface area contributed by atoms with Crippen LogP contribution in [0.5, 0.6) is 5.75 Å². The molecule has 1 saturated heterocycles. The second-order valence-electron chi connectivity index (χ2n) is 7.72. The Kier molecular flexibility index (Phi) is 6.87. The number of ether oxygens (including phenoxy) is 1. The Morgan fingerprint density at radius 3 is 2.44 bits per heavy atom. The van der Waals surface area contributed by atoms with Crippen LogP contribution in [-0.4, -0.2) is 43.5 Å². The number of carbonyl (C=O) groups is 2. The second-order valence-corrected chi connectivity index (χ2v) is 7.72. The molecule has 2 amide bonds. The molecule has 0 unspecified atom stereocenters. The van der Waals surface area contributed by atoms with Crippen molar-refractivity contribution in [2.75, 3.05) is 32.1 Å². The number of hydrogen-bond acceptors (Lipinski definition) is 5. The first kappa shape index (κ1) is 21.6. The molecule has 0 saturated carbocycles. The van der Waals surface area contributed by atoms with Crippen molar-refractivity contribution in [3.63, 3.8) is 0 Å². The molecule has 32 heavy (non-hydrogen) atoms. The Morgan fingerprint density at radius 1 is 1.00 bits per heavy atom. The van der Waals surface area contributed by atoms with Gasteiger partial charge in [-0.15, -0.1) is 0 Å². The molecule has 7 nitrogen and oxygen atoms in total. The maximum absolute atomic E-state index is 12.8. The van der Waals surface area contributed by atoms with Crippen LogP contribution in [-0.2, 0) is 0 Å². The van der Waals surface area contributed by atoms with Gasteiger partial charge in [0.05, 0.1) is 19.4 Å². The fraction of sp³-hybridized carbons (Fsp3) is 0.280. The summed E-state index contributed by atoms with van der Waals surface area (Å²) in [5.74, 6) is 0.567. The molecule has 2 heterocycles. The van der Waals surface area contributed by atoms with Crippen molar-refractivity contribution < 1.29 is 18.7 Å². The maximum atomic E-state index is 12.8. The lowest BCUT2D eigenvalue weighted by Gasteiger charge is -2.29. The van der Waals surface area contributed by atoms with Crippen LogP contribution in [0.4, 0.5) is 5.69 Å². The highest BCUT2D eigenvalue weighted by atomic mass is 16.5. The van der Waals surface area contributed by atoms with E-state index in [4.69, 9.17) is 9.15 Å². The second kappa shape index (κ2) is 10.2. The van der Waals surface area contributed by atoms with Gasteiger partial charge < -0.3 is 19.8 Å². The van der Waals surface area contributed by atoms with Gasteiger partial charge in [0.25, 0.3) is 11.8 Å². The summed E-state index contributed by atoms with van der Waals surface area (Å²) >= 11 is 0. The number of carbonyl (C=O) groups excluding carboxylic acids is 2. The van der Waals surface area contributed by atoms with E-state index in [2.05, 4.69) is 21.6 Å². The van der Waals surface area contributed by atoms with E-state index in [0.717, 1.165) is 37.2 Å². The van der Waals surface area contributed by atoms with Crippen molar-refractivity contribution in [3.05, 3.63) is 83.8 Å². The van der Waals surface area contributed by atoms with Gasteiger partial charge >= 0.3 is 0 Å². The average molecular weight is 434 g/mol. The van der Waals surface area contributed by atoms with E-state index >= 15 is 0 Å². The molecule has 0 spiro atoms. The van der Waals surface area contributed by atoms with Gasteiger partial charge in [0.15, 0.2) is 5.76 Å². The number of nitrogens with zero attached hydrogens (tertiary/aromatic N) is 1. The van der Waals surface area contributed by atoms with Crippen molar-refractivity contribution in [3.8, 4) is 5.75 Å². The molecular formula is C25H27N3O4. The number of likely N-dealkylation sites (tertiary alicyclic amines) is 1. The highest BCUT2D eigenvalue weighted by molar-refractivity contribution is 6.02. The number of furan rings is 1. The number of anilines is 1. The molecule has 2 N–H and O–H groups in total. The summed E-state index contributed by atoms with van der Waals surface area (Å²) in [6.07, 6.45) is 3.76. The standard InChI is InChI=1S/C25H27N3O4/c1-31-22-8-3-2-7-20(22)21(28-14-4-5-15-28)17-26-24(29)18-10-12-19(13-11-18)27-25(30)23-9-6-16-32-23/h2-3,6-13,16,21H,4-5,14-15,17H2,1H3,(H,26,29)(H,27,30)/t21-/m0/s1. The zero-order chi connectivity index (χ0) is 22.3. The van der Waals surface area contributed by atoms with Crippen LogP contribution in [0.1, 0.15) is 45.4 Å². The third-order valence-corrected chi connectivity index (χ3v) is 5.69. The highest BCUT2D eigenvalue weighted by Gasteiger charge is 2.26. The van der Waals surface area contributed by atoms with Crippen LogP contribution in [0.2, 0.25) is 0 Å². The SMILES string of the molecule is COc1ccccc1[C@H](CNC(=O)c1ccc(NC(=O)c2ccco2)cc1)N1CCCC1. The van der Waals surface area contributed by atoms with Gasteiger partial charge in [-0.25, -0.2) is 0 Å². The summed E-state index contributed by atoms with van der Waals surface area (Å²) in [4.78, 5) is 27.3. The molecular weight excluding hydrogens is 406 g/mol. The minimum absolute atomic E-state index is 0.0458. The summed E-state index contributed by atoms with van der Waals surface area (Å²) in [7, 11) is 1.67. The Labute approximate surface area is 187 Å². The van der Waals surface area contributed by atoms with Crippen molar-refractivity contribution in [1.29, 1.82) is 0 Å². The predicted molar refractivity (Wildman–Crippen MR) is 122 cm³/mol. The predicted octanol–water partition coefficient (Wildman–Crippen LogP) is 4.11. The van der Waals surface area contributed by atoms with Gasteiger partial charge in [0.1, 0.15) is 5.75 Å². The van der Waals surface area contributed by atoms with E-state index in [1.54, 1.807) is 43.5 Å². The number of methoxy groups -OCH3 is 1. The Balaban J connectivity index is 1.41. The molecule has 1 fully saturated rings. The first-order valence-corrected chi connectivity index (χ1v) is 10.8. The first-order valence-electron chi connectivity index (χ1n) is 10.8. The van der Waals surface area contributed by atoms with Gasteiger partial charge in [-0.3, -0.25) is 14.5 Å². The number of rotatable bonds is 8. The third-order valence-electron chi connectivity index (χ3n) is 5.69. The normalized spacial score (nSPS) is 14.7. The molecule has 3 aromatic rings. The fourth-order valence-corrected chi connectivity index (χ4v) is 4.03. The summed E-state index contributed by atoms with van der Waals surface area (Å²) in [5, 5.41) is 5.82. The maximum Gasteiger partial charge on any atom is 0.291 e. The average Bonchev–Trinajstić information content (AvgIpc) is 3.55. The largest absolute Gasteiger partial charge is 0.496 e. The lowest BCUT2D eigenvalue weighted by molar-refractivity contribution is 0.0936. The lowest BCUT2D eigenvalue weighted by atomic mass is 10.0. The van der Waals surface area contributed by atoms with Crippen LogP contribution in [0, 0.1) is 0 Å². The molecule has 1 aliphatic rings. The van der Waals surface area contributed by atoms with Crippen LogP contribution in [0.3, 0.4) is 0 Å². The van der Waals surface area contributed by atoms with E-state index in [-0.39, 0.29) is 23.6 Å². The summed E-state index contributed by atoms with van der Waals surface area (Å²) in [6.45, 7) is 2.49. The molecule has 0 radical (unpaired) electrons. The molecule has 1 aliphatic heterocycles. The number of para-hydroxylation sites is 1. The molecule has 0 aliphatic carbocycles. The third kappa shape index (κ3) is 5.00. The van der Waals surface area contributed by atoms with E-state index in [1.165, 1.54) is 6.26 Å². The molecule has 4 rings (SSSR count). The fourth-order valence-electron chi connectivity index (χ4n) is 4.03. The van der Waals surface area contributed by atoms with Gasteiger partial charge in [-0.1, -0.05) is 18.2 Å². The number of amides is 2. The van der Waals surface area contributed by atoms with E-state index in [1.807, 2.05) is 18.2 Å². The topological polar surface area (TPSA) is 83.8 Å². The van der Waals surface area contributed by atoms with Gasteiger partial charge in [0.2, 0.25) is 0 Å². The molecule has 0 bridgehead atoms. The highest BCUT2D eigenvalue weighted by Crippen LogP contribution is 2.31. The van der Waals surface area contributed by atoms with E-state index in [0.29, 0.717) is 17.8 Å². The molecule has 1 aromatic heterocycles. The lowest BCUT2D eigenvalue weighted by Crippen LogP contribution is -2.37. The Morgan fingerprint density at radius 2 is 1.75 bits per heavy atom. The van der Waals surface area contributed by atoms with Gasteiger partial charge in [-0.05, 0) is 68.4 Å². The van der Waals surface area contributed by atoms with Crippen LogP contribution in [0.15, 0.2) is 71.3 Å². The van der Waals surface area contributed by atoms with Crippen molar-refractivity contribution in [2.24, 2.45) is 0 Å². The van der Waals surface area contributed by atoms with Crippen LogP contribution in [0.25, 0.3) is 0 Å². The van der Waals surface area contributed by atoms with Crippen molar-refractivity contribution in [2.45, 2.75) is 18.9 Å². The Hall–Kier alpha value is -3.58.